The predicted octanol–water partition coefficient (Wildman–Crippen LogP) is 3.04. The van der Waals surface area contributed by atoms with E-state index in [1.807, 2.05) is 10.8 Å². The number of hydrogen-bond acceptors (Lipinski definition) is 10. The van der Waals surface area contributed by atoms with Crippen LogP contribution in [0.4, 0.5) is 4.79 Å². The number of phenols is 1. The Labute approximate surface area is 253 Å². The van der Waals surface area contributed by atoms with Crippen molar-refractivity contribution in [2.75, 3.05) is 32.8 Å². The third kappa shape index (κ3) is 12.9. The molecule has 0 aromatic heterocycles. The Bertz CT molecular complexity index is 1270. The molecule has 240 valence electrons. The van der Waals surface area contributed by atoms with Crippen LogP contribution in [0.3, 0.4) is 0 Å². The van der Waals surface area contributed by atoms with E-state index < -0.39 is 34.7 Å². The number of nitrogens with one attached hydrogen (secondary N) is 3. The van der Waals surface area contributed by atoms with Crippen molar-refractivity contribution in [3.8, 4) is 11.5 Å². The van der Waals surface area contributed by atoms with Crippen LogP contribution in [0.2, 0.25) is 0 Å². The summed E-state index contributed by atoms with van der Waals surface area (Å²) in [6.45, 7) is 4.91. The van der Waals surface area contributed by atoms with E-state index in [-0.39, 0.29) is 28.5 Å². The van der Waals surface area contributed by atoms with Gasteiger partial charge in [-0.15, -0.1) is 0 Å². The summed E-state index contributed by atoms with van der Waals surface area (Å²) in [5.74, 6) is -0.843. The summed E-state index contributed by atoms with van der Waals surface area (Å²) in [5, 5.41) is 35.6. The van der Waals surface area contributed by atoms with Gasteiger partial charge < -0.3 is 35.4 Å². The zero-order valence-electron chi connectivity index (χ0n) is 24.9. The average Bonchev–Trinajstić information content (AvgIpc) is 2.95. The van der Waals surface area contributed by atoms with Gasteiger partial charge in [-0.2, -0.15) is 0 Å². The monoisotopic (exact) mass is 623 g/mol. The molecule has 1 atom stereocenters. The Morgan fingerprint density at radius 2 is 1.72 bits per heavy atom. The third-order valence-electron chi connectivity index (χ3n) is 6.54. The normalized spacial score (nSPS) is 12.1. The molecule has 0 bridgehead atoms. The van der Waals surface area contributed by atoms with Gasteiger partial charge in [-0.3, -0.25) is 4.79 Å². The van der Waals surface area contributed by atoms with Crippen molar-refractivity contribution in [1.82, 2.24) is 15.4 Å². The van der Waals surface area contributed by atoms with E-state index in [1.54, 1.807) is 19.1 Å². The standard InChI is InChI=1S/C30H45N3O9S/c1-3-32-30(38)33-43(39,40)24-13-10-12-23(19-24)11-6-9-18-41-17-8-5-4-7-16-31-20-28(37)25-14-15-27(36)26(21-34)29(25)42-22(2)35/h10,12-15,19,28,31,34,36-37H,3-9,11,16-18,20-21H2,1-2H3,(H2,32,33,38)/t28-/m0/s1. The van der Waals surface area contributed by atoms with E-state index in [9.17, 15) is 33.3 Å². The second-order valence-corrected chi connectivity index (χ2v) is 11.7. The first kappa shape index (κ1) is 36.0. The number of esters is 1. The Morgan fingerprint density at radius 3 is 2.42 bits per heavy atom. The molecule has 0 aliphatic carbocycles. The van der Waals surface area contributed by atoms with E-state index in [1.165, 1.54) is 25.1 Å². The summed E-state index contributed by atoms with van der Waals surface area (Å²) < 4.78 is 37.6. The summed E-state index contributed by atoms with van der Waals surface area (Å²) >= 11 is 0. The average molecular weight is 624 g/mol. The molecule has 0 fully saturated rings. The summed E-state index contributed by atoms with van der Waals surface area (Å²) in [6.07, 6.45) is 5.26. The molecule has 0 heterocycles. The van der Waals surface area contributed by atoms with Gasteiger partial charge >= 0.3 is 12.0 Å². The van der Waals surface area contributed by atoms with Gasteiger partial charge in [0.05, 0.1) is 23.2 Å². The molecule has 2 aromatic carbocycles. The van der Waals surface area contributed by atoms with Gasteiger partial charge in [-0.25, -0.2) is 17.9 Å². The molecule has 12 nitrogen and oxygen atoms in total. The number of aromatic hydroxyl groups is 1. The highest BCUT2D eigenvalue weighted by Gasteiger charge is 2.21. The number of ether oxygens (including phenoxy) is 2. The van der Waals surface area contributed by atoms with E-state index in [0.717, 1.165) is 44.1 Å². The number of rotatable bonds is 20. The topological polar surface area (TPSA) is 184 Å². The van der Waals surface area contributed by atoms with Gasteiger partial charge in [0.15, 0.2) is 0 Å². The lowest BCUT2D eigenvalue weighted by Crippen LogP contribution is -2.39. The van der Waals surface area contributed by atoms with Crippen molar-refractivity contribution >= 4 is 22.0 Å². The van der Waals surface area contributed by atoms with E-state index in [4.69, 9.17) is 9.47 Å². The van der Waals surface area contributed by atoms with Crippen LogP contribution in [0.5, 0.6) is 11.5 Å². The van der Waals surface area contributed by atoms with Crippen molar-refractivity contribution in [3.63, 3.8) is 0 Å². The minimum atomic E-state index is -3.92. The minimum Gasteiger partial charge on any atom is -0.507 e. The van der Waals surface area contributed by atoms with E-state index >= 15 is 0 Å². The maximum Gasteiger partial charge on any atom is 0.328 e. The second-order valence-electron chi connectivity index (χ2n) is 10.0. The van der Waals surface area contributed by atoms with Crippen LogP contribution < -0.4 is 20.1 Å². The third-order valence-corrected chi connectivity index (χ3v) is 7.86. The first-order chi connectivity index (χ1) is 20.6. The molecule has 0 saturated heterocycles. The molecule has 0 saturated carbocycles. The number of aliphatic hydroxyl groups is 2. The fraction of sp³-hybridized carbons (Fsp3) is 0.533. The summed E-state index contributed by atoms with van der Waals surface area (Å²) in [5.41, 5.74) is 1.25. The number of carbonyl (C=O) groups is 2. The molecule has 0 radical (unpaired) electrons. The Hall–Kier alpha value is -3.23. The fourth-order valence-electron chi connectivity index (χ4n) is 4.35. The maximum absolute atomic E-state index is 12.4. The molecular formula is C30H45N3O9S. The van der Waals surface area contributed by atoms with E-state index in [0.29, 0.717) is 38.3 Å². The van der Waals surface area contributed by atoms with Gasteiger partial charge in [0.2, 0.25) is 0 Å². The molecule has 0 unspecified atom stereocenters. The van der Waals surface area contributed by atoms with Crippen molar-refractivity contribution in [1.29, 1.82) is 0 Å². The number of aryl methyl sites for hydroxylation is 1. The van der Waals surface area contributed by atoms with Crippen LogP contribution in [0, 0.1) is 0 Å². The zero-order chi connectivity index (χ0) is 31.7. The lowest BCUT2D eigenvalue weighted by molar-refractivity contribution is -0.132. The lowest BCUT2D eigenvalue weighted by atomic mass is 10.0. The SMILES string of the molecule is CCNC(=O)NS(=O)(=O)c1cccc(CCCCOCCCCCCNC[C@H](O)c2ccc(O)c(CO)c2OC(C)=O)c1. The number of carbonyl (C=O) groups excluding carboxylic acids is 2. The molecule has 2 amide bonds. The fourth-order valence-corrected chi connectivity index (χ4v) is 5.35. The Balaban J connectivity index is 1.56. The number of benzene rings is 2. The number of aliphatic hydroxyl groups excluding tert-OH is 2. The number of amides is 2. The molecular weight excluding hydrogens is 578 g/mol. The first-order valence-corrected chi connectivity index (χ1v) is 16.1. The second kappa shape index (κ2) is 19.1. The highest BCUT2D eigenvalue weighted by atomic mass is 32.2. The number of sulfonamides is 1. The molecule has 2 aromatic rings. The van der Waals surface area contributed by atoms with Gasteiger partial charge in [-0.1, -0.05) is 25.0 Å². The summed E-state index contributed by atoms with van der Waals surface area (Å²) in [4.78, 5) is 23.1. The quantitative estimate of drug-likeness (QED) is 0.0728. The van der Waals surface area contributed by atoms with Crippen LogP contribution in [-0.2, 0) is 32.6 Å². The number of urea groups is 1. The van der Waals surface area contributed by atoms with Crippen molar-refractivity contribution < 1.29 is 42.8 Å². The van der Waals surface area contributed by atoms with Crippen LogP contribution in [0.1, 0.15) is 75.2 Å². The zero-order valence-corrected chi connectivity index (χ0v) is 25.7. The maximum atomic E-state index is 12.4. The molecule has 0 aliphatic heterocycles. The molecule has 43 heavy (non-hydrogen) atoms. The minimum absolute atomic E-state index is 0.0172. The van der Waals surface area contributed by atoms with Crippen LogP contribution >= 0.6 is 0 Å². The molecule has 0 spiro atoms. The van der Waals surface area contributed by atoms with Gasteiger partial charge in [0.25, 0.3) is 10.0 Å². The van der Waals surface area contributed by atoms with Crippen LogP contribution in [-0.4, -0.2) is 68.6 Å². The smallest absolute Gasteiger partial charge is 0.328 e. The predicted molar refractivity (Wildman–Crippen MR) is 161 cm³/mol. The Kier molecular flexibility index (Phi) is 16.0. The summed E-state index contributed by atoms with van der Waals surface area (Å²) in [7, 11) is -3.92. The largest absolute Gasteiger partial charge is 0.507 e. The highest BCUT2D eigenvalue weighted by molar-refractivity contribution is 7.90. The van der Waals surface area contributed by atoms with Crippen LogP contribution in [0.25, 0.3) is 0 Å². The number of unbranched alkanes of at least 4 members (excludes halogenated alkanes) is 4. The molecule has 0 aliphatic rings. The van der Waals surface area contributed by atoms with Crippen molar-refractivity contribution in [3.05, 3.63) is 53.1 Å². The van der Waals surface area contributed by atoms with Crippen LogP contribution in [0.15, 0.2) is 41.3 Å². The first-order valence-electron chi connectivity index (χ1n) is 14.6. The molecule has 2 rings (SSSR count). The van der Waals surface area contributed by atoms with Gasteiger partial charge in [0, 0.05) is 38.8 Å². The summed E-state index contributed by atoms with van der Waals surface area (Å²) in [6, 6.07) is 8.65. The number of hydrogen-bond donors (Lipinski definition) is 6. The van der Waals surface area contributed by atoms with Gasteiger partial charge in [-0.05, 0) is 75.4 Å². The van der Waals surface area contributed by atoms with Crippen molar-refractivity contribution in [2.24, 2.45) is 0 Å². The molecule has 13 heteroatoms. The Morgan fingerprint density at radius 1 is 1.00 bits per heavy atom. The highest BCUT2D eigenvalue weighted by Crippen LogP contribution is 2.35. The molecule has 6 N–H and O–H groups in total. The van der Waals surface area contributed by atoms with Gasteiger partial charge in [0.1, 0.15) is 11.5 Å². The van der Waals surface area contributed by atoms with Crippen molar-refractivity contribution in [2.45, 2.75) is 76.4 Å². The van der Waals surface area contributed by atoms with E-state index in [2.05, 4.69) is 10.6 Å². The lowest BCUT2D eigenvalue weighted by Gasteiger charge is -2.18.